The Bertz CT molecular complexity index is 640. The molecule has 1 atom stereocenters. The van der Waals surface area contributed by atoms with Crippen LogP contribution in [-0.4, -0.2) is 23.0 Å². The molecule has 1 aromatic rings. The molecule has 1 saturated carbocycles. The molecular formula is C17H21N3O2S. The van der Waals surface area contributed by atoms with E-state index in [1.165, 1.54) is 12.8 Å². The molecule has 1 heterocycles. The first-order valence-corrected chi connectivity index (χ1v) is 8.46. The molecule has 1 aliphatic heterocycles. The third-order valence-corrected chi connectivity index (χ3v) is 4.90. The first-order chi connectivity index (χ1) is 11.0. The SMILES string of the molecule is CC[C@]1(c2ccc(NC(=S)NC3CC3)cc2)CCC(=O)NC1=O. The van der Waals surface area contributed by atoms with Crippen LogP contribution in [0.4, 0.5) is 5.69 Å². The predicted octanol–water partition coefficient (Wildman–Crippen LogP) is 2.22. The Hall–Kier alpha value is -1.95. The fraction of sp³-hybridized carbons (Fsp3) is 0.471. The van der Waals surface area contributed by atoms with Gasteiger partial charge in [-0.3, -0.25) is 14.9 Å². The van der Waals surface area contributed by atoms with E-state index >= 15 is 0 Å². The van der Waals surface area contributed by atoms with Crippen molar-refractivity contribution in [2.24, 2.45) is 0 Å². The van der Waals surface area contributed by atoms with Crippen molar-refractivity contribution in [3.8, 4) is 0 Å². The van der Waals surface area contributed by atoms with Crippen molar-refractivity contribution < 1.29 is 9.59 Å². The normalized spacial score (nSPS) is 24.0. The van der Waals surface area contributed by atoms with E-state index in [0.717, 1.165) is 11.3 Å². The van der Waals surface area contributed by atoms with Gasteiger partial charge in [-0.15, -0.1) is 0 Å². The van der Waals surface area contributed by atoms with Crippen molar-refractivity contribution in [1.82, 2.24) is 10.6 Å². The molecular weight excluding hydrogens is 310 g/mol. The lowest BCUT2D eigenvalue weighted by molar-refractivity contribution is -0.138. The number of anilines is 1. The zero-order valence-electron chi connectivity index (χ0n) is 13.1. The number of imide groups is 1. The van der Waals surface area contributed by atoms with Crippen LogP contribution in [0.15, 0.2) is 24.3 Å². The van der Waals surface area contributed by atoms with Crippen LogP contribution in [0.5, 0.6) is 0 Å². The van der Waals surface area contributed by atoms with Crippen LogP contribution in [0, 0.1) is 0 Å². The third kappa shape index (κ3) is 3.37. The van der Waals surface area contributed by atoms with Gasteiger partial charge in [0.1, 0.15) is 0 Å². The van der Waals surface area contributed by atoms with E-state index in [9.17, 15) is 9.59 Å². The van der Waals surface area contributed by atoms with Gasteiger partial charge in [-0.25, -0.2) is 0 Å². The van der Waals surface area contributed by atoms with Crippen molar-refractivity contribution in [3.05, 3.63) is 29.8 Å². The maximum Gasteiger partial charge on any atom is 0.237 e. The molecule has 5 nitrogen and oxygen atoms in total. The molecule has 1 aromatic carbocycles. The zero-order valence-corrected chi connectivity index (χ0v) is 14.0. The quantitative estimate of drug-likeness (QED) is 0.583. The van der Waals surface area contributed by atoms with Gasteiger partial charge in [0.15, 0.2) is 5.11 Å². The minimum atomic E-state index is -0.612. The van der Waals surface area contributed by atoms with Crippen molar-refractivity contribution >= 4 is 34.8 Å². The average Bonchev–Trinajstić information content (AvgIpc) is 3.33. The Balaban J connectivity index is 1.73. The lowest BCUT2D eigenvalue weighted by atomic mass is 9.72. The molecule has 2 amide bonds. The number of hydrogen-bond donors (Lipinski definition) is 3. The summed E-state index contributed by atoms with van der Waals surface area (Å²) in [5, 5.41) is 9.49. The zero-order chi connectivity index (χ0) is 16.4. The summed E-state index contributed by atoms with van der Waals surface area (Å²) >= 11 is 5.26. The highest BCUT2D eigenvalue weighted by Gasteiger charge is 2.42. The van der Waals surface area contributed by atoms with Crippen molar-refractivity contribution in [1.29, 1.82) is 0 Å². The van der Waals surface area contributed by atoms with Gasteiger partial charge in [-0.2, -0.15) is 0 Å². The second kappa shape index (κ2) is 6.28. The molecule has 2 fully saturated rings. The van der Waals surface area contributed by atoms with E-state index in [4.69, 9.17) is 12.2 Å². The van der Waals surface area contributed by atoms with Gasteiger partial charge in [0.05, 0.1) is 5.41 Å². The van der Waals surface area contributed by atoms with Gasteiger partial charge in [0.25, 0.3) is 0 Å². The highest BCUT2D eigenvalue weighted by atomic mass is 32.1. The van der Waals surface area contributed by atoms with E-state index in [-0.39, 0.29) is 11.8 Å². The second-order valence-electron chi connectivity index (χ2n) is 6.26. The molecule has 1 saturated heterocycles. The monoisotopic (exact) mass is 331 g/mol. The number of carbonyl (C=O) groups excluding carboxylic acids is 2. The Morgan fingerprint density at radius 2 is 2.00 bits per heavy atom. The highest BCUT2D eigenvalue weighted by Crippen LogP contribution is 2.36. The number of thiocarbonyl (C=S) groups is 1. The highest BCUT2D eigenvalue weighted by molar-refractivity contribution is 7.80. The molecule has 0 aromatic heterocycles. The molecule has 122 valence electrons. The summed E-state index contributed by atoms with van der Waals surface area (Å²) in [4.78, 5) is 23.8. The van der Waals surface area contributed by atoms with Crippen molar-refractivity contribution in [2.45, 2.75) is 50.5 Å². The van der Waals surface area contributed by atoms with Crippen LogP contribution in [-0.2, 0) is 15.0 Å². The summed E-state index contributed by atoms with van der Waals surface area (Å²) in [6, 6.07) is 8.26. The number of benzene rings is 1. The van der Waals surface area contributed by atoms with Crippen molar-refractivity contribution in [2.75, 3.05) is 5.32 Å². The molecule has 0 radical (unpaired) electrons. The lowest BCUT2D eigenvalue weighted by Crippen LogP contribution is -2.51. The smallest absolute Gasteiger partial charge is 0.237 e. The first kappa shape index (κ1) is 15.9. The van der Waals surface area contributed by atoms with Gasteiger partial charge in [-0.1, -0.05) is 19.1 Å². The first-order valence-electron chi connectivity index (χ1n) is 8.06. The Morgan fingerprint density at radius 1 is 1.30 bits per heavy atom. The van der Waals surface area contributed by atoms with Gasteiger partial charge in [0.2, 0.25) is 11.8 Å². The van der Waals surface area contributed by atoms with Gasteiger partial charge < -0.3 is 10.6 Å². The van der Waals surface area contributed by atoms with E-state index < -0.39 is 5.41 Å². The number of rotatable bonds is 4. The predicted molar refractivity (Wildman–Crippen MR) is 93.2 cm³/mol. The van der Waals surface area contributed by atoms with Gasteiger partial charge in [-0.05, 0) is 55.6 Å². The molecule has 0 bridgehead atoms. The molecule has 0 unspecified atom stereocenters. The largest absolute Gasteiger partial charge is 0.360 e. The summed E-state index contributed by atoms with van der Waals surface area (Å²) in [7, 11) is 0. The number of amides is 2. The summed E-state index contributed by atoms with van der Waals surface area (Å²) in [5.74, 6) is -0.378. The van der Waals surface area contributed by atoms with E-state index in [2.05, 4.69) is 16.0 Å². The van der Waals surface area contributed by atoms with E-state index in [0.29, 0.717) is 30.4 Å². The summed E-state index contributed by atoms with van der Waals surface area (Å²) in [6.45, 7) is 1.98. The summed E-state index contributed by atoms with van der Waals surface area (Å²) in [5.41, 5.74) is 1.22. The standard InChI is InChI=1S/C17H21N3O2S/c1-2-17(10-9-14(21)20-15(17)22)11-3-5-12(6-4-11)18-16(23)19-13-7-8-13/h3-6,13H,2,7-10H2,1H3,(H2,18,19,23)(H,20,21,22)/t17-/m1/s1. The van der Waals surface area contributed by atoms with Crippen LogP contribution in [0.1, 0.15) is 44.6 Å². The number of carbonyl (C=O) groups is 2. The molecule has 0 spiro atoms. The molecule has 1 aliphatic carbocycles. The fourth-order valence-electron chi connectivity index (χ4n) is 3.02. The van der Waals surface area contributed by atoms with E-state index in [1.54, 1.807) is 0 Å². The lowest BCUT2D eigenvalue weighted by Gasteiger charge is -2.35. The van der Waals surface area contributed by atoms with Crippen LogP contribution in [0.25, 0.3) is 0 Å². The Morgan fingerprint density at radius 3 is 2.57 bits per heavy atom. The Labute approximate surface area is 141 Å². The number of hydrogen-bond acceptors (Lipinski definition) is 3. The van der Waals surface area contributed by atoms with Crippen LogP contribution in [0.3, 0.4) is 0 Å². The summed E-state index contributed by atoms with van der Waals surface area (Å²) < 4.78 is 0. The second-order valence-corrected chi connectivity index (χ2v) is 6.67. The van der Waals surface area contributed by atoms with Crippen LogP contribution >= 0.6 is 12.2 Å². The van der Waals surface area contributed by atoms with Crippen LogP contribution < -0.4 is 16.0 Å². The number of piperidine rings is 1. The Kier molecular flexibility index (Phi) is 4.35. The molecule has 3 N–H and O–H groups in total. The summed E-state index contributed by atoms with van der Waals surface area (Å²) in [6.07, 6.45) is 3.96. The van der Waals surface area contributed by atoms with Crippen LogP contribution in [0.2, 0.25) is 0 Å². The average molecular weight is 331 g/mol. The fourth-order valence-corrected chi connectivity index (χ4v) is 3.30. The van der Waals surface area contributed by atoms with Crippen molar-refractivity contribution in [3.63, 3.8) is 0 Å². The molecule has 2 aliphatic rings. The minimum absolute atomic E-state index is 0.186. The molecule has 6 heteroatoms. The van der Waals surface area contributed by atoms with Gasteiger partial charge in [0, 0.05) is 18.2 Å². The topological polar surface area (TPSA) is 70.2 Å². The minimum Gasteiger partial charge on any atom is -0.360 e. The molecule has 3 rings (SSSR count). The third-order valence-electron chi connectivity index (χ3n) is 4.68. The molecule has 23 heavy (non-hydrogen) atoms. The maximum absolute atomic E-state index is 12.4. The van der Waals surface area contributed by atoms with Gasteiger partial charge >= 0.3 is 0 Å². The van der Waals surface area contributed by atoms with E-state index in [1.807, 2.05) is 31.2 Å². The maximum atomic E-state index is 12.4. The number of nitrogens with one attached hydrogen (secondary N) is 3.